The summed E-state index contributed by atoms with van der Waals surface area (Å²) in [5.74, 6) is -0.307. The number of ether oxygens (including phenoxy) is 2. The van der Waals surface area contributed by atoms with Gasteiger partial charge in [-0.25, -0.2) is 4.79 Å². The molecule has 134 valence electrons. The highest BCUT2D eigenvalue weighted by molar-refractivity contribution is 6.31. The van der Waals surface area contributed by atoms with Gasteiger partial charge in [-0.2, -0.15) is 0 Å². The molecule has 1 aliphatic rings. The number of carbonyl (C=O) groups is 3. The average molecular weight is 354 g/mol. The smallest absolute Gasteiger partial charge is 0.328 e. The molecule has 1 heterocycles. The van der Waals surface area contributed by atoms with Crippen LogP contribution in [0.3, 0.4) is 0 Å². The number of hydrogen-bond acceptors (Lipinski definition) is 5. The molecule has 1 saturated heterocycles. The number of amides is 4. The predicted octanol–water partition coefficient (Wildman–Crippen LogP) is 2.39. The quantitative estimate of drug-likeness (QED) is 0.635. The van der Waals surface area contributed by atoms with E-state index in [4.69, 9.17) is 9.47 Å². The molecule has 4 amide bonds. The molecule has 0 atom stereocenters. The van der Waals surface area contributed by atoms with Gasteiger partial charge in [-0.05, 0) is 48.9 Å². The molecule has 7 nitrogen and oxygen atoms in total. The summed E-state index contributed by atoms with van der Waals surface area (Å²) < 4.78 is 11.2. The normalized spacial score (nSPS) is 14.1. The van der Waals surface area contributed by atoms with Crippen molar-refractivity contribution in [2.45, 2.75) is 13.8 Å². The van der Waals surface area contributed by atoms with Crippen LogP contribution < -0.4 is 20.1 Å². The molecule has 26 heavy (non-hydrogen) atoms. The maximum Gasteiger partial charge on any atom is 0.328 e. The molecule has 0 unspecified atom stereocenters. The molecule has 0 aliphatic carbocycles. The third kappa shape index (κ3) is 3.37. The SMILES string of the molecule is CCOc1ccc2ccc(OCC)c(C=C3C(=O)NC(=O)NC3=O)c2c1. The lowest BCUT2D eigenvalue weighted by Crippen LogP contribution is -2.51. The lowest BCUT2D eigenvalue weighted by atomic mass is 10.00. The van der Waals surface area contributed by atoms with E-state index in [0.717, 1.165) is 10.8 Å². The summed E-state index contributed by atoms with van der Waals surface area (Å²) in [6.07, 6.45) is 1.43. The van der Waals surface area contributed by atoms with Crippen molar-refractivity contribution in [2.75, 3.05) is 13.2 Å². The first-order valence-electron chi connectivity index (χ1n) is 8.24. The van der Waals surface area contributed by atoms with Crippen LogP contribution in [-0.4, -0.2) is 31.1 Å². The number of benzene rings is 2. The fourth-order valence-electron chi connectivity index (χ4n) is 2.74. The number of barbiturate groups is 1. The highest BCUT2D eigenvalue weighted by Gasteiger charge is 2.28. The third-order valence-corrected chi connectivity index (χ3v) is 3.84. The molecule has 3 rings (SSSR count). The molecule has 2 aromatic carbocycles. The van der Waals surface area contributed by atoms with Crippen molar-refractivity contribution in [3.8, 4) is 11.5 Å². The zero-order valence-corrected chi connectivity index (χ0v) is 14.4. The Balaban J connectivity index is 2.20. The largest absolute Gasteiger partial charge is 0.494 e. The fraction of sp³-hybridized carbons (Fsp3) is 0.211. The first-order chi connectivity index (χ1) is 12.5. The Bertz CT molecular complexity index is 906. The van der Waals surface area contributed by atoms with Gasteiger partial charge in [-0.15, -0.1) is 0 Å². The van der Waals surface area contributed by atoms with E-state index in [-0.39, 0.29) is 5.57 Å². The highest BCUT2D eigenvalue weighted by atomic mass is 16.5. The van der Waals surface area contributed by atoms with Gasteiger partial charge in [0.2, 0.25) is 0 Å². The zero-order chi connectivity index (χ0) is 18.7. The summed E-state index contributed by atoms with van der Waals surface area (Å²) >= 11 is 0. The lowest BCUT2D eigenvalue weighted by Gasteiger charge is -2.16. The molecule has 2 aromatic rings. The van der Waals surface area contributed by atoms with Gasteiger partial charge in [0, 0.05) is 5.56 Å². The van der Waals surface area contributed by atoms with Crippen LogP contribution in [-0.2, 0) is 9.59 Å². The van der Waals surface area contributed by atoms with Gasteiger partial charge < -0.3 is 9.47 Å². The van der Waals surface area contributed by atoms with Crippen molar-refractivity contribution in [2.24, 2.45) is 0 Å². The number of fused-ring (bicyclic) bond motifs is 1. The van der Waals surface area contributed by atoms with Crippen molar-refractivity contribution >= 4 is 34.7 Å². The Hall–Kier alpha value is -3.35. The molecule has 1 aliphatic heterocycles. The molecule has 0 bridgehead atoms. The van der Waals surface area contributed by atoms with Crippen LogP contribution in [0.15, 0.2) is 35.9 Å². The molecule has 0 radical (unpaired) electrons. The van der Waals surface area contributed by atoms with Crippen LogP contribution in [0, 0.1) is 0 Å². The van der Waals surface area contributed by atoms with Crippen molar-refractivity contribution in [1.82, 2.24) is 10.6 Å². The number of imide groups is 2. The average Bonchev–Trinajstić information content (AvgIpc) is 2.59. The van der Waals surface area contributed by atoms with E-state index in [0.29, 0.717) is 30.3 Å². The number of carbonyl (C=O) groups excluding carboxylic acids is 3. The van der Waals surface area contributed by atoms with Gasteiger partial charge in [0.15, 0.2) is 0 Å². The van der Waals surface area contributed by atoms with Crippen LogP contribution in [0.25, 0.3) is 16.8 Å². The molecule has 2 N–H and O–H groups in total. The Morgan fingerprint density at radius 3 is 2.23 bits per heavy atom. The van der Waals surface area contributed by atoms with Gasteiger partial charge >= 0.3 is 6.03 Å². The second kappa shape index (κ2) is 7.26. The first-order valence-corrected chi connectivity index (χ1v) is 8.24. The molecule has 1 fully saturated rings. The molecule has 0 spiro atoms. The minimum Gasteiger partial charge on any atom is -0.494 e. The van der Waals surface area contributed by atoms with Crippen molar-refractivity contribution in [3.63, 3.8) is 0 Å². The van der Waals surface area contributed by atoms with E-state index in [9.17, 15) is 14.4 Å². The Labute approximate surface area is 150 Å². The van der Waals surface area contributed by atoms with Crippen LogP contribution in [0.4, 0.5) is 4.79 Å². The summed E-state index contributed by atoms with van der Waals surface area (Å²) in [4.78, 5) is 35.4. The summed E-state index contributed by atoms with van der Waals surface area (Å²) in [6, 6.07) is 8.41. The standard InChI is InChI=1S/C19H18N2O5/c1-3-25-12-7-5-11-6-8-16(26-4-2)14(13(11)9-12)10-15-17(22)20-19(24)21-18(15)23/h5-10H,3-4H2,1-2H3,(H2,20,21,22,23,24). The number of urea groups is 1. The van der Waals surface area contributed by atoms with Gasteiger partial charge in [0.05, 0.1) is 13.2 Å². The van der Waals surface area contributed by atoms with E-state index >= 15 is 0 Å². The summed E-state index contributed by atoms with van der Waals surface area (Å²) in [7, 11) is 0. The summed E-state index contributed by atoms with van der Waals surface area (Å²) in [5.41, 5.74) is 0.403. The Morgan fingerprint density at radius 1 is 0.923 bits per heavy atom. The van der Waals surface area contributed by atoms with Gasteiger partial charge in [0.25, 0.3) is 11.8 Å². The van der Waals surface area contributed by atoms with Crippen LogP contribution in [0.1, 0.15) is 19.4 Å². The molecule has 0 aromatic heterocycles. The molecule has 0 saturated carbocycles. The van der Waals surface area contributed by atoms with Crippen molar-refractivity contribution in [3.05, 3.63) is 41.5 Å². The maximum atomic E-state index is 12.1. The van der Waals surface area contributed by atoms with Gasteiger partial charge in [-0.1, -0.05) is 12.1 Å². The highest BCUT2D eigenvalue weighted by Crippen LogP contribution is 2.33. The molecular weight excluding hydrogens is 336 g/mol. The van der Waals surface area contributed by atoms with E-state index in [1.807, 2.05) is 38.1 Å². The second-order valence-corrected chi connectivity index (χ2v) is 5.52. The first kappa shape index (κ1) is 17.5. The minimum absolute atomic E-state index is 0.167. The van der Waals surface area contributed by atoms with Gasteiger partial charge in [0.1, 0.15) is 17.1 Å². The van der Waals surface area contributed by atoms with Crippen LogP contribution >= 0.6 is 0 Å². The number of nitrogens with one attached hydrogen (secondary N) is 2. The van der Waals surface area contributed by atoms with Crippen molar-refractivity contribution < 1.29 is 23.9 Å². The van der Waals surface area contributed by atoms with Crippen molar-refractivity contribution in [1.29, 1.82) is 0 Å². The molecule has 7 heteroatoms. The summed E-state index contributed by atoms with van der Waals surface area (Å²) in [5, 5.41) is 5.81. The van der Waals surface area contributed by atoms with E-state index in [1.165, 1.54) is 6.08 Å². The maximum absolute atomic E-state index is 12.1. The van der Waals surface area contributed by atoms with E-state index in [1.54, 1.807) is 6.07 Å². The van der Waals surface area contributed by atoms with Crippen LogP contribution in [0.5, 0.6) is 11.5 Å². The monoisotopic (exact) mass is 354 g/mol. The number of hydrogen-bond donors (Lipinski definition) is 2. The zero-order valence-electron chi connectivity index (χ0n) is 14.4. The lowest BCUT2D eigenvalue weighted by molar-refractivity contribution is -0.123. The second-order valence-electron chi connectivity index (χ2n) is 5.52. The Morgan fingerprint density at radius 2 is 1.58 bits per heavy atom. The topological polar surface area (TPSA) is 93.7 Å². The van der Waals surface area contributed by atoms with E-state index in [2.05, 4.69) is 10.6 Å². The minimum atomic E-state index is -0.835. The summed E-state index contributed by atoms with van der Waals surface area (Å²) in [6.45, 7) is 4.66. The molecular formula is C19H18N2O5. The van der Waals surface area contributed by atoms with Gasteiger partial charge in [-0.3, -0.25) is 20.2 Å². The van der Waals surface area contributed by atoms with E-state index < -0.39 is 17.8 Å². The number of rotatable bonds is 5. The van der Waals surface area contributed by atoms with Crippen LogP contribution in [0.2, 0.25) is 0 Å². The predicted molar refractivity (Wildman–Crippen MR) is 95.9 cm³/mol. The third-order valence-electron chi connectivity index (χ3n) is 3.84. The fourth-order valence-corrected chi connectivity index (χ4v) is 2.74. The Kier molecular flexibility index (Phi) is 4.88.